The zero-order valence-corrected chi connectivity index (χ0v) is 14.9. The van der Waals surface area contributed by atoms with Crippen LogP contribution in [-0.4, -0.2) is 22.9 Å². The fourth-order valence-corrected chi connectivity index (χ4v) is 3.07. The molecule has 4 heteroatoms. The minimum absolute atomic E-state index is 0.489. The van der Waals surface area contributed by atoms with E-state index >= 15 is 0 Å². The summed E-state index contributed by atoms with van der Waals surface area (Å²) >= 11 is 3.47. The quantitative estimate of drug-likeness (QED) is 0.853. The summed E-state index contributed by atoms with van der Waals surface area (Å²) in [5.41, 5.74) is 5.08. The van der Waals surface area contributed by atoms with Gasteiger partial charge in [-0.2, -0.15) is 5.10 Å². The maximum Gasteiger partial charge on any atom is 0.0662 e. The van der Waals surface area contributed by atoms with E-state index in [0.717, 1.165) is 29.8 Å². The molecule has 0 aliphatic rings. The lowest BCUT2D eigenvalue weighted by atomic mass is 9.99. The Bertz CT molecular complexity index is 587. The Morgan fingerprint density at radius 3 is 2.52 bits per heavy atom. The van der Waals surface area contributed by atoms with Crippen LogP contribution in [0.15, 0.2) is 28.7 Å². The number of nitrogens with zero attached hydrogens (tertiary/aromatic N) is 2. The molecule has 1 aromatic heterocycles. The van der Waals surface area contributed by atoms with Crippen LogP contribution in [-0.2, 0) is 6.54 Å². The minimum Gasteiger partial charge on any atom is -0.316 e. The highest BCUT2D eigenvalue weighted by Gasteiger charge is 2.17. The summed E-state index contributed by atoms with van der Waals surface area (Å²) in [5, 5.41) is 8.16. The summed E-state index contributed by atoms with van der Waals surface area (Å²) in [6, 6.07) is 8.44. The second-order valence-electron chi connectivity index (χ2n) is 5.58. The van der Waals surface area contributed by atoms with Crippen molar-refractivity contribution < 1.29 is 0 Å². The minimum atomic E-state index is 0.489. The number of likely N-dealkylation sites (N-methyl/N-ethyl adjacent to an activating group) is 1. The van der Waals surface area contributed by atoms with Gasteiger partial charge in [0.1, 0.15) is 0 Å². The fraction of sp³-hybridized carbons (Fsp3) is 0.471. The Hall–Kier alpha value is -1.13. The number of aromatic nitrogens is 2. The molecule has 0 spiro atoms. The Labute approximate surface area is 135 Å². The van der Waals surface area contributed by atoms with E-state index in [0.29, 0.717) is 5.92 Å². The molecule has 114 valence electrons. The molecule has 2 aromatic rings. The van der Waals surface area contributed by atoms with E-state index in [1.54, 1.807) is 0 Å². The average molecular weight is 350 g/mol. The number of hydrogen-bond acceptors (Lipinski definition) is 2. The summed E-state index contributed by atoms with van der Waals surface area (Å²) in [7, 11) is 0. The standard InChI is InChI=1S/C17H24BrN3/c1-5-19-10-12(2)17-13(3)20-21(14(17)4)11-15-6-8-16(18)9-7-15/h6-9,12,19H,5,10-11H2,1-4H3. The Morgan fingerprint density at radius 1 is 1.24 bits per heavy atom. The lowest BCUT2D eigenvalue weighted by Crippen LogP contribution is -2.20. The third kappa shape index (κ3) is 3.95. The van der Waals surface area contributed by atoms with Gasteiger partial charge in [0.25, 0.3) is 0 Å². The molecule has 1 unspecified atom stereocenters. The topological polar surface area (TPSA) is 29.9 Å². The lowest BCUT2D eigenvalue weighted by molar-refractivity contribution is 0.624. The number of halogens is 1. The predicted octanol–water partition coefficient (Wildman–Crippen LogP) is 4.02. The predicted molar refractivity (Wildman–Crippen MR) is 91.9 cm³/mol. The molecule has 1 atom stereocenters. The molecular weight excluding hydrogens is 326 g/mol. The van der Waals surface area contributed by atoms with Crippen molar-refractivity contribution >= 4 is 15.9 Å². The fourth-order valence-electron chi connectivity index (χ4n) is 2.80. The van der Waals surface area contributed by atoms with Gasteiger partial charge in [-0.3, -0.25) is 4.68 Å². The molecule has 0 saturated heterocycles. The SMILES string of the molecule is CCNCC(C)c1c(C)nn(Cc2ccc(Br)cc2)c1C. The van der Waals surface area contributed by atoms with Gasteiger partial charge in [-0.05, 0) is 44.0 Å². The molecule has 0 amide bonds. The van der Waals surface area contributed by atoms with Crippen molar-refractivity contribution in [1.82, 2.24) is 15.1 Å². The summed E-state index contributed by atoms with van der Waals surface area (Å²) < 4.78 is 3.23. The summed E-state index contributed by atoms with van der Waals surface area (Å²) in [6.45, 7) is 11.5. The summed E-state index contributed by atoms with van der Waals surface area (Å²) in [5.74, 6) is 0.489. The molecule has 1 aromatic carbocycles. The zero-order chi connectivity index (χ0) is 15.4. The van der Waals surface area contributed by atoms with Crippen LogP contribution in [0, 0.1) is 13.8 Å². The number of rotatable bonds is 6. The van der Waals surface area contributed by atoms with Crippen LogP contribution in [0.25, 0.3) is 0 Å². The van der Waals surface area contributed by atoms with Crippen molar-refractivity contribution in [2.45, 2.75) is 40.2 Å². The molecule has 0 saturated carbocycles. The van der Waals surface area contributed by atoms with Gasteiger partial charge in [0.2, 0.25) is 0 Å². The lowest BCUT2D eigenvalue weighted by Gasteiger charge is -2.13. The number of aryl methyl sites for hydroxylation is 1. The van der Waals surface area contributed by atoms with Gasteiger partial charge in [-0.25, -0.2) is 0 Å². The van der Waals surface area contributed by atoms with E-state index < -0.39 is 0 Å². The van der Waals surface area contributed by atoms with E-state index in [-0.39, 0.29) is 0 Å². The van der Waals surface area contributed by atoms with Gasteiger partial charge in [0.05, 0.1) is 12.2 Å². The van der Waals surface area contributed by atoms with E-state index in [1.165, 1.54) is 16.8 Å². The van der Waals surface area contributed by atoms with Gasteiger partial charge in [0.15, 0.2) is 0 Å². The number of benzene rings is 1. The number of hydrogen-bond donors (Lipinski definition) is 1. The van der Waals surface area contributed by atoms with Crippen LogP contribution in [0.5, 0.6) is 0 Å². The maximum absolute atomic E-state index is 4.73. The first-order valence-corrected chi connectivity index (χ1v) is 8.31. The molecule has 2 rings (SSSR count). The van der Waals surface area contributed by atoms with Gasteiger partial charge < -0.3 is 5.32 Å². The van der Waals surface area contributed by atoms with Crippen molar-refractivity contribution in [3.8, 4) is 0 Å². The maximum atomic E-state index is 4.73. The van der Waals surface area contributed by atoms with Gasteiger partial charge in [-0.15, -0.1) is 0 Å². The molecule has 0 aliphatic heterocycles. The molecule has 0 fully saturated rings. The van der Waals surface area contributed by atoms with E-state index in [1.807, 2.05) is 0 Å². The van der Waals surface area contributed by atoms with Crippen molar-refractivity contribution in [3.05, 3.63) is 51.3 Å². The summed E-state index contributed by atoms with van der Waals surface area (Å²) in [6.07, 6.45) is 0. The Balaban J connectivity index is 2.20. The highest BCUT2D eigenvalue weighted by Crippen LogP contribution is 2.23. The van der Waals surface area contributed by atoms with E-state index in [2.05, 4.69) is 77.9 Å². The van der Waals surface area contributed by atoms with Gasteiger partial charge in [0, 0.05) is 22.3 Å². The third-order valence-corrected chi connectivity index (χ3v) is 4.41. The van der Waals surface area contributed by atoms with Crippen molar-refractivity contribution in [2.24, 2.45) is 0 Å². The second-order valence-corrected chi connectivity index (χ2v) is 6.49. The van der Waals surface area contributed by atoms with E-state index in [4.69, 9.17) is 5.10 Å². The molecular formula is C17H24BrN3. The average Bonchev–Trinajstić information content (AvgIpc) is 2.73. The van der Waals surface area contributed by atoms with Crippen LogP contribution >= 0.6 is 15.9 Å². The van der Waals surface area contributed by atoms with Crippen molar-refractivity contribution in [3.63, 3.8) is 0 Å². The van der Waals surface area contributed by atoms with Crippen molar-refractivity contribution in [2.75, 3.05) is 13.1 Å². The highest BCUT2D eigenvalue weighted by atomic mass is 79.9. The number of nitrogens with one attached hydrogen (secondary N) is 1. The van der Waals surface area contributed by atoms with Crippen LogP contribution < -0.4 is 5.32 Å². The first-order chi connectivity index (χ1) is 10.0. The first kappa shape index (κ1) is 16.2. The molecule has 1 N–H and O–H groups in total. The van der Waals surface area contributed by atoms with Crippen LogP contribution in [0.1, 0.15) is 42.3 Å². The Morgan fingerprint density at radius 2 is 1.90 bits per heavy atom. The highest BCUT2D eigenvalue weighted by molar-refractivity contribution is 9.10. The largest absolute Gasteiger partial charge is 0.316 e. The normalized spacial score (nSPS) is 12.6. The molecule has 0 bridgehead atoms. The zero-order valence-electron chi connectivity index (χ0n) is 13.3. The molecule has 1 heterocycles. The van der Waals surface area contributed by atoms with Crippen LogP contribution in [0.2, 0.25) is 0 Å². The van der Waals surface area contributed by atoms with Crippen molar-refractivity contribution in [1.29, 1.82) is 0 Å². The molecule has 3 nitrogen and oxygen atoms in total. The van der Waals surface area contributed by atoms with Crippen LogP contribution in [0.3, 0.4) is 0 Å². The molecule has 0 radical (unpaired) electrons. The molecule has 21 heavy (non-hydrogen) atoms. The third-order valence-electron chi connectivity index (χ3n) is 3.88. The van der Waals surface area contributed by atoms with E-state index in [9.17, 15) is 0 Å². The monoisotopic (exact) mass is 349 g/mol. The van der Waals surface area contributed by atoms with Gasteiger partial charge in [-0.1, -0.05) is 41.9 Å². The summed E-state index contributed by atoms with van der Waals surface area (Å²) in [4.78, 5) is 0. The second kappa shape index (κ2) is 7.23. The van der Waals surface area contributed by atoms with Gasteiger partial charge >= 0.3 is 0 Å². The Kier molecular flexibility index (Phi) is 5.59. The first-order valence-electron chi connectivity index (χ1n) is 7.52. The van der Waals surface area contributed by atoms with Crippen LogP contribution in [0.4, 0.5) is 0 Å². The smallest absolute Gasteiger partial charge is 0.0662 e. The molecule has 0 aliphatic carbocycles.